The minimum absolute atomic E-state index is 0.332. The topological polar surface area (TPSA) is 41.5 Å². The Hall–Kier alpha value is -1.34. The Morgan fingerprint density at radius 3 is 3.00 bits per heavy atom. The van der Waals surface area contributed by atoms with Crippen molar-refractivity contribution in [1.29, 1.82) is 0 Å². The fourth-order valence-electron chi connectivity index (χ4n) is 3.72. The molecule has 0 amide bonds. The van der Waals surface area contributed by atoms with Gasteiger partial charge in [0.2, 0.25) is 0 Å². The van der Waals surface area contributed by atoms with E-state index in [9.17, 15) is 0 Å². The number of rotatable bonds is 5. The number of aromatic nitrogens is 2. The maximum Gasteiger partial charge on any atom is 0.0897 e. The van der Waals surface area contributed by atoms with Gasteiger partial charge in [0.15, 0.2) is 0 Å². The molecule has 128 valence electrons. The molecule has 0 aromatic carbocycles. The van der Waals surface area contributed by atoms with Crippen LogP contribution in [0, 0.1) is 6.92 Å². The summed E-state index contributed by atoms with van der Waals surface area (Å²) in [7, 11) is 0. The van der Waals surface area contributed by atoms with Crippen LogP contribution < -0.4 is 0 Å². The van der Waals surface area contributed by atoms with Crippen LogP contribution >= 0.6 is 11.3 Å². The highest BCUT2D eigenvalue weighted by atomic mass is 32.1. The van der Waals surface area contributed by atoms with E-state index in [0.717, 1.165) is 49.8 Å². The number of fused-ring (bicyclic) bond motifs is 1. The molecule has 2 aromatic heterocycles. The minimum Gasteiger partial charge on any atom is -0.371 e. The first-order chi connectivity index (χ1) is 11.8. The summed E-state index contributed by atoms with van der Waals surface area (Å²) in [6, 6.07) is 6.60. The number of ether oxygens (including phenoxy) is 1. The van der Waals surface area contributed by atoms with Crippen LogP contribution in [0.5, 0.6) is 0 Å². The van der Waals surface area contributed by atoms with E-state index in [1.54, 1.807) is 11.3 Å². The average molecular weight is 344 g/mol. The lowest BCUT2D eigenvalue weighted by molar-refractivity contribution is 0.0440. The summed E-state index contributed by atoms with van der Waals surface area (Å²) in [4.78, 5) is 14.1. The van der Waals surface area contributed by atoms with Crippen LogP contribution in [0.15, 0.2) is 29.8 Å². The summed E-state index contributed by atoms with van der Waals surface area (Å²) in [5.41, 5.74) is 2.23. The third kappa shape index (κ3) is 3.83. The van der Waals surface area contributed by atoms with Crippen molar-refractivity contribution in [2.75, 3.05) is 26.2 Å². The summed E-state index contributed by atoms with van der Waals surface area (Å²) in [5, 5.41) is 3.35. The maximum absolute atomic E-state index is 6.10. The van der Waals surface area contributed by atoms with Crippen molar-refractivity contribution in [3.8, 4) is 0 Å². The normalized spacial score (nSPS) is 25.0. The predicted octanol–water partition coefficient (Wildman–Crippen LogP) is 2.32. The first-order valence-corrected chi connectivity index (χ1v) is 9.53. The van der Waals surface area contributed by atoms with Gasteiger partial charge in [0.1, 0.15) is 0 Å². The molecular weight excluding hydrogens is 320 g/mol. The van der Waals surface area contributed by atoms with Gasteiger partial charge in [0, 0.05) is 50.3 Å². The molecule has 24 heavy (non-hydrogen) atoms. The summed E-state index contributed by atoms with van der Waals surface area (Å²) >= 11 is 1.74. The lowest BCUT2D eigenvalue weighted by Crippen LogP contribution is -2.49. The number of piperazine rings is 1. The first-order valence-electron chi connectivity index (χ1n) is 8.65. The molecule has 2 aromatic rings. The molecule has 0 N–H and O–H groups in total. The summed E-state index contributed by atoms with van der Waals surface area (Å²) < 4.78 is 6.10. The Labute approximate surface area is 147 Å². The second-order valence-corrected chi connectivity index (χ2v) is 7.79. The number of hydrogen-bond donors (Lipinski definition) is 0. The smallest absolute Gasteiger partial charge is 0.0897 e. The molecule has 0 bridgehead atoms. The molecule has 2 atom stereocenters. The van der Waals surface area contributed by atoms with Gasteiger partial charge in [-0.15, -0.1) is 11.3 Å². The molecule has 4 rings (SSSR count). The molecule has 2 aliphatic heterocycles. The highest BCUT2D eigenvalue weighted by Crippen LogP contribution is 2.25. The predicted molar refractivity (Wildman–Crippen MR) is 94.9 cm³/mol. The molecule has 2 aliphatic rings. The molecular formula is C18H24N4OS. The monoisotopic (exact) mass is 344 g/mol. The highest BCUT2D eigenvalue weighted by Gasteiger charge is 2.36. The van der Waals surface area contributed by atoms with E-state index >= 15 is 0 Å². The summed E-state index contributed by atoms with van der Waals surface area (Å²) in [5.74, 6) is 0. The Bertz CT molecular complexity index is 662. The lowest BCUT2D eigenvalue weighted by Gasteiger charge is -2.36. The zero-order valence-electron chi connectivity index (χ0n) is 14.1. The van der Waals surface area contributed by atoms with Crippen LogP contribution in [0.2, 0.25) is 0 Å². The van der Waals surface area contributed by atoms with Crippen LogP contribution in [0.1, 0.15) is 22.8 Å². The molecule has 0 spiro atoms. The number of pyridine rings is 1. The average Bonchev–Trinajstić information content (AvgIpc) is 3.19. The molecule has 6 heteroatoms. The van der Waals surface area contributed by atoms with E-state index in [1.165, 1.54) is 5.69 Å². The summed E-state index contributed by atoms with van der Waals surface area (Å²) in [6.45, 7) is 8.12. The largest absolute Gasteiger partial charge is 0.371 e. The van der Waals surface area contributed by atoms with Crippen LogP contribution in [-0.4, -0.2) is 58.1 Å². The number of thiazole rings is 1. The van der Waals surface area contributed by atoms with Gasteiger partial charge in [-0.05, 0) is 25.5 Å². The second-order valence-electron chi connectivity index (χ2n) is 6.73. The van der Waals surface area contributed by atoms with Gasteiger partial charge in [0.05, 0.1) is 29.1 Å². The molecule has 2 fully saturated rings. The zero-order chi connectivity index (χ0) is 16.4. The van der Waals surface area contributed by atoms with Crippen LogP contribution in [0.3, 0.4) is 0 Å². The number of nitrogens with zero attached hydrogens (tertiary/aromatic N) is 4. The fraction of sp³-hybridized carbons (Fsp3) is 0.556. The van der Waals surface area contributed by atoms with Crippen molar-refractivity contribution in [3.63, 3.8) is 0 Å². The van der Waals surface area contributed by atoms with Crippen molar-refractivity contribution in [3.05, 3.63) is 46.2 Å². The van der Waals surface area contributed by atoms with E-state index in [0.29, 0.717) is 18.8 Å². The molecule has 0 unspecified atom stereocenters. The Morgan fingerprint density at radius 1 is 1.25 bits per heavy atom. The maximum atomic E-state index is 6.10. The number of aryl methyl sites for hydroxylation is 1. The molecule has 2 saturated heterocycles. The standard InChI is InChI=1S/C18H24N4OS/c1-14-20-16(13-24-14)9-21-6-7-22-11-18(8-17(22)10-21)23-12-15-4-2-3-5-19-15/h2-5,13,17-18H,6-12H2,1H3/t17-,18+/m0/s1. The Morgan fingerprint density at radius 2 is 2.21 bits per heavy atom. The molecule has 5 nitrogen and oxygen atoms in total. The van der Waals surface area contributed by atoms with E-state index in [-0.39, 0.29) is 0 Å². The zero-order valence-corrected chi connectivity index (χ0v) is 14.9. The van der Waals surface area contributed by atoms with Gasteiger partial charge in [-0.3, -0.25) is 14.8 Å². The fourth-order valence-corrected chi connectivity index (χ4v) is 4.33. The second kappa shape index (κ2) is 7.27. The lowest BCUT2D eigenvalue weighted by atomic mass is 10.1. The van der Waals surface area contributed by atoms with Gasteiger partial charge < -0.3 is 4.74 Å². The molecule has 0 aliphatic carbocycles. The van der Waals surface area contributed by atoms with Crippen molar-refractivity contribution in [1.82, 2.24) is 19.8 Å². The van der Waals surface area contributed by atoms with E-state index in [1.807, 2.05) is 24.4 Å². The minimum atomic E-state index is 0.332. The molecule has 4 heterocycles. The van der Waals surface area contributed by atoms with Gasteiger partial charge in [0.25, 0.3) is 0 Å². The summed E-state index contributed by atoms with van der Waals surface area (Å²) in [6.07, 6.45) is 3.28. The van der Waals surface area contributed by atoms with E-state index in [4.69, 9.17) is 4.74 Å². The molecule has 0 saturated carbocycles. The van der Waals surface area contributed by atoms with Gasteiger partial charge >= 0.3 is 0 Å². The Balaban J connectivity index is 1.27. The first kappa shape index (κ1) is 16.1. The quantitative estimate of drug-likeness (QED) is 0.833. The van der Waals surface area contributed by atoms with Gasteiger partial charge in [-0.25, -0.2) is 4.98 Å². The van der Waals surface area contributed by atoms with E-state index < -0.39 is 0 Å². The number of hydrogen-bond acceptors (Lipinski definition) is 6. The molecule has 0 radical (unpaired) electrons. The van der Waals surface area contributed by atoms with E-state index in [2.05, 4.69) is 32.1 Å². The van der Waals surface area contributed by atoms with Crippen molar-refractivity contribution >= 4 is 11.3 Å². The van der Waals surface area contributed by atoms with Gasteiger partial charge in [-0.1, -0.05) is 6.07 Å². The Kier molecular flexibility index (Phi) is 4.89. The highest BCUT2D eigenvalue weighted by molar-refractivity contribution is 7.09. The third-order valence-corrected chi connectivity index (χ3v) is 5.73. The van der Waals surface area contributed by atoms with Gasteiger partial charge in [-0.2, -0.15) is 0 Å². The van der Waals surface area contributed by atoms with Crippen molar-refractivity contribution in [2.24, 2.45) is 0 Å². The SMILES string of the molecule is Cc1nc(CN2CCN3C[C@H](OCc4ccccn4)C[C@H]3C2)cs1. The van der Waals surface area contributed by atoms with Crippen LogP contribution in [-0.2, 0) is 17.9 Å². The van der Waals surface area contributed by atoms with Crippen molar-refractivity contribution < 1.29 is 4.74 Å². The third-order valence-electron chi connectivity index (χ3n) is 4.91. The van der Waals surface area contributed by atoms with Crippen LogP contribution in [0.25, 0.3) is 0 Å². The van der Waals surface area contributed by atoms with Crippen molar-refractivity contribution in [2.45, 2.75) is 38.6 Å². The van der Waals surface area contributed by atoms with Crippen LogP contribution in [0.4, 0.5) is 0 Å².